The first-order chi connectivity index (χ1) is 10.5. The van der Waals surface area contributed by atoms with Crippen LogP contribution in [0.1, 0.15) is 15.9 Å². The Kier molecular flexibility index (Phi) is 4.19. The minimum Gasteiger partial charge on any atom is -0.421 e. The van der Waals surface area contributed by atoms with Crippen molar-refractivity contribution in [1.29, 1.82) is 0 Å². The van der Waals surface area contributed by atoms with E-state index in [4.69, 9.17) is 16.3 Å². The molecular weight excluding hydrogens is 364 g/mol. The van der Waals surface area contributed by atoms with E-state index in [0.29, 0.717) is 16.3 Å². The van der Waals surface area contributed by atoms with Gasteiger partial charge in [-0.2, -0.15) is 0 Å². The summed E-state index contributed by atoms with van der Waals surface area (Å²) in [7, 11) is 0. The lowest BCUT2D eigenvalue weighted by Crippen LogP contribution is -2.09. The molecule has 0 heterocycles. The topological polar surface area (TPSA) is 26.3 Å². The second-order valence-electron chi connectivity index (χ2n) is 4.99. The zero-order valence-corrected chi connectivity index (χ0v) is 14.1. The predicted octanol–water partition coefficient (Wildman–Crippen LogP) is 5.78. The Labute approximate surface area is 141 Å². The predicted molar refractivity (Wildman–Crippen MR) is 92.8 cm³/mol. The number of aryl methyl sites for hydroxylation is 1. The molecule has 3 aromatic rings. The van der Waals surface area contributed by atoms with Crippen LogP contribution in [0.15, 0.2) is 59.1 Å². The first kappa shape index (κ1) is 15.1. The van der Waals surface area contributed by atoms with Crippen molar-refractivity contribution in [1.82, 2.24) is 0 Å². The summed E-state index contributed by atoms with van der Waals surface area (Å²) in [5.41, 5.74) is 1.30. The van der Waals surface area contributed by atoms with Crippen LogP contribution in [0.25, 0.3) is 10.8 Å². The minimum atomic E-state index is -0.418. The molecule has 2 nitrogen and oxygen atoms in total. The maximum absolute atomic E-state index is 12.4. The van der Waals surface area contributed by atoms with E-state index < -0.39 is 5.97 Å². The minimum absolute atomic E-state index is 0.392. The number of hydrogen-bond acceptors (Lipinski definition) is 2. The van der Waals surface area contributed by atoms with Gasteiger partial charge in [0.1, 0.15) is 0 Å². The van der Waals surface area contributed by atoms with E-state index in [2.05, 4.69) is 15.9 Å². The van der Waals surface area contributed by atoms with Crippen molar-refractivity contribution in [3.63, 3.8) is 0 Å². The number of halogens is 2. The number of esters is 1. The number of carbonyl (C=O) groups excluding carboxylic acids is 1. The highest BCUT2D eigenvalue weighted by atomic mass is 79.9. The van der Waals surface area contributed by atoms with E-state index >= 15 is 0 Å². The zero-order chi connectivity index (χ0) is 15.7. The van der Waals surface area contributed by atoms with Crippen molar-refractivity contribution < 1.29 is 9.53 Å². The van der Waals surface area contributed by atoms with Gasteiger partial charge in [0.05, 0.1) is 10.6 Å². The Balaban J connectivity index is 1.93. The van der Waals surface area contributed by atoms with Gasteiger partial charge < -0.3 is 4.74 Å². The quantitative estimate of drug-likeness (QED) is 0.419. The molecule has 0 saturated heterocycles. The molecule has 0 aliphatic carbocycles. The number of fused-ring (bicyclic) bond motifs is 1. The van der Waals surface area contributed by atoms with Gasteiger partial charge in [-0.3, -0.25) is 0 Å². The third-order valence-electron chi connectivity index (χ3n) is 3.37. The van der Waals surface area contributed by atoms with Gasteiger partial charge in [-0.15, -0.1) is 0 Å². The van der Waals surface area contributed by atoms with E-state index in [1.807, 2.05) is 49.4 Å². The molecule has 0 amide bonds. The molecule has 0 aliphatic rings. The number of hydrogen-bond donors (Lipinski definition) is 0. The Hall–Kier alpha value is -1.84. The van der Waals surface area contributed by atoms with Gasteiger partial charge >= 0.3 is 5.97 Å². The summed E-state index contributed by atoms with van der Waals surface area (Å²) in [6.07, 6.45) is 0. The highest BCUT2D eigenvalue weighted by Gasteiger charge is 2.14. The normalized spacial score (nSPS) is 10.7. The SMILES string of the molecule is Cc1cc(Br)cc(Cl)c1OC(=O)c1ccc2ccccc2c1. The number of benzene rings is 3. The first-order valence-corrected chi connectivity index (χ1v) is 7.88. The summed E-state index contributed by atoms with van der Waals surface area (Å²) in [4.78, 5) is 12.4. The standard InChI is InChI=1S/C18H12BrClO2/c1-11-8-15(19)10-16(20)17(11)22-18(21)14-7-6-12-4-2-3-5-13(12)9-14/h2-10H,1H3. The molecule has 3 rings (SSSR count). The lowest BCUT2D eigenvalue weighted by atomic mass is 10.1. The van der Waals surface area contributed by atoms with Crippen molar-refractivity contribution in [2.75, 3.05) is 0 Å². The average Bonchev–Trinajstić information content (AvgIpc) is 2.50. The van der Waals surface area contributed by atoms with Crippen LogP contribution < -0.4 is 4.74 Å². The van der Waals surface area contributed by atoms with Crippen molar-refractivity contribution in [2.45, 2.75) is 6.92 Å². The molecule has 0 spiro atoms. The summed E-state index contributed by atoms with van der Waals surface area (Å²) in [6.45, 7) is 1.85. The van der Waals surface area contributed by atoms with Gasteiger partial charge in [0.2, 0.25) is 0 Å². The second-order valence-corrected chi connectivity index (χ2v) is 6.31. The van der Waals surface area contributed by atoms with Gasteiger partial charge in [0.15, 0.2) is 5.75 Å². The van der Waals surface area contributed by atoms with Gasteiger partial charge in [-0.05, 0) is 47.5 Å². The fourth-order valence-corrected chi connectivity index (χ4v) is 3.30. The smallest absolute Gasteiger partial charge is 0.343 e. The Morgan fingerprint density at radius 2 is 1.77 bits per heavy atom. The molecule has 0 atom stereocenters. The fourth-order valence-electron chi connectivity index (χ4n) is 2.29. The molecule has 0 radical (unpaired) electrons. The summed E-state index contributed by atoms with van der Waals surface area (Å²) < 4.78 is 6.32. The number of rotatable bonds is 2. The molecule has 0 N–H and O–H groups in total. The van der Waals surface area contributed by atoms with Crippen molar-refractivity contribution in [2.24, 2.45) is 0 Å². The van der Waals surface area contributed by atoms with Crippen molar-refractivity contribution in [3.8, 4) is 5.75 Å². The summed E-state index contributed by atoms with van der Waals surface area (Å²) in [5, 5.41) is 2.48. The van der Waals surface area contributed by atoms with E-state index in [-0.39, 0.29) is 0 Å². The monoisotopic (exact) mass is 374 g/mol. The van der Waals surface area contributed by atoms with Crippen molar-refractivity contribution >= 4 is 44.3 Å². The summed E-state index contributed by atoms with van der Waals surface area (Å²) in [5.74, 6) is -0.0268. The van der Waals surface area contributed by atoms with Crippen LogP contribution in [-0.4, -0.2) is 5.97 Å². The molecule has 0 aromatic heterocycles. The van der Waals surface area contributed by atoms with Crippen LogP contribution in [-0.2, 0) is 0 Å². The maximum Gasteiger partial charge on any atom is 0.343 e. The molecular formula is C18H12BrClO2. The maximum atomic E-state index is 12.4. The van der Waals surface area contributed by atoms with Crippen LogP contribution in [0.4, 0.5) is 0 Å². The van der Waals surface area contributed by atoms with E-state index in [1.165, 1.54) is 0 Å². The first-order valence-electron chi connectivity index (χ1n) is 6.71. The number of carbonyl (C=O) groups is 1. The molecule has 0 fully saturated rings. The van der Waals surface area contributed by atoms with E-state index in [1.54, 1.807) is 12.1 Å². The molecule has 3 aromatic carbocycles. The average molecular weight is 376 g/mol. The highest BCUT2D eigenvalue weighted by Crippen LogP contribution is 2.32. The Morgan fingerprint density at radius 1 is 1.05 bits per heavy atom. The highest BCUT2D eigenvalue weighted by molar-refractivity contribution is 9.10. The molecule has 0 aliphatic heterocycles. The Bertz CT molecular complexity index is 851. The molecule has 0 saturated carbocycles. The molecule has 4 heteroatoms. The van der Waals surface area contributed by atoms with Crippen LogP contribution in [0.5, 0.6) is 5.75 Å². The molecule has 0 bridgehead atoms. The third-order valence-corrected chi connectivity index (χ3v) is 4.11. The van der Waals surface area contributed by atoms with E-state index in [0.717, 1.165) is 20.8 Å². The van der Waals surface area contributed by atoms with Crippen molar-refractivity contribution in [3.05, 3.63) is 75.2 Å². The van der Waals surface area contributed by atoms with Crippen LogP contribution in [0, 0.1) is 6.92 Å². The molecule has 22 heavy (non-hydrogen) atoms. The van der Waals surface area contributed by atoms with Gasteiger partial charge in [0, 0.05) is 4.47 Å². The zero-order valence-electron chi connectivity index (χ0n) is 11.8. The summed E-state index contributed by atoms with van der Waals surface area (Å²) >= 11 is 9.51. The lowest BCUT2D eigenvalue weighted by Gasteiger charge is -2.10. The van der Waals surface area contributed by atoms with Gasteiger partial charge in [0.25, 0.3) is 0 Å². The van der Waals surface area contributed by atoms with Crippen LogP contribution in [0.3, 0.4) is 0 Å². The fraction of sp³-hybridized carbons (Fsp3) is 0.0556. The van der Waals surface area contributed by atoms with Crippen LogP contribution >= 0.6 is 27.5 Å². The van der Waals surface area contributed by atoms with Gasteiger partial charge in [-0.25, -0.2) is 4.79 Å². The second kappa shape index (κ2) is 6.11. The summed E-state index contributed by atoms with van der Waals surface area (Å²) in [6, 6.07) is 16.9. The largest absolute Gasteiger partial charge is 0.421 e. The van der Waals surface area contributed by atoms with E-state index in [9.17, 15) is 4.79 Å². The molecule has 110 valence electrons. The Morgan fingerprint density at radius 3 is 2.50 bits per heavy atom. The third kappa shape index (κ3) is 3.01. The number of ether oxygens (including phenoxy) is 1. The van der Waals surface area contributed by atoms with Crippen LogP contribution in [0.2, 0.25) is 5.02 Å². The lowest BCUT2D eigenvalue weighted by molar-refractivity contribution is 0.0734. The van der Waals surface area contributed by atoms with Gasteiger partial charge in [-0.1, -0.05) is 57.9 Å². The molecule has 0 unspecified atom stereocenters.